The molecular formula is C18H23ClN2O5. The summed E-state index contributed by atoms with van der Waals surface area (Å²) in [7, 11) is 1.73. The Hall–Kier alpha value is -1.83. The van der Waals surface area contributed by atoms with Crippen molar-refractivity contribution in [2.75, 3.05) is 46.4 Å². The second-order valence-electron chi connectivity index (χ2n) is 6.83. The number of halogens is 1. The fourth-order valence-corrected chi connectivity index (χ4v) is 3.65. The van der Waals surface area contributed by atoms with Gasteiger partial charge in [-0.05, 0) is 37.2 Å². The summed E-state index contributed by atoms with van der Waals surface area (Å²) in [6.07, 6.45) is 0.415. The quantitative estimate of drug-likeness (QED) is 0.822. The molecule has 26 heavy (non-hydrogen) atoms. The van der Waals surface area contributed by atoms with Crippen LogP contribution >= 0.6 is 11.6 Å². The van der Waals surface area contributed by atoms with E-state index in [4.69, 9.17) is 26.2 Å². The minimum Gasteiger partial charge on any atom is -0.492 e. The molecule has 1 fully saturated rings. The van der Waals surface area contributed by atoms with E-state index < -0.39 is 5.97 Å². The Morgan fingerprint density at radius 1 is 1.42 bits per heavy atom. The second kappa shape index (κ2) is 8.24. The number of aliphatic carboxylic acids is 1. The average Bonchev–Trinajstić information content (AvgIpc) is 2.60. The zero-order chi connectivity index (χ0) is 18.7. The molecule has 1 saturated heterocycles. The lowest BCUT2D eigenvalue weighted by Gasteiger charge is -2.37. The van der Waals surface area contributed by atoms with Gasteiger partial charge in [-0.15, -0.1) is 0 Å². The van der Waals surface area contributed by atoms with E-state index in [1.165, 1.54) is 0 Å². The molecule has 0 spiro atoms. The summed E-state index contributed by atoms with van der Waals surface area (Å²) in [5.41, 5.74) is 0.952. The van der Waals surface area contributed by atoms with Gasteiger partial charge in [0, 0.05) is 24.7 Å². The maximum atomic E-state index is 12.9. The largest absolute Gasteiger partial charge is 0.492 e. The summed E-state index contributed by atoms with van der Waals surface area (Å²) in [6.45, 7) is 2.22. The molecule has 142 valence electrons. The van der Waals surface area contributed by atoms with Crippen molar-refractivity contribution in [3.8, 4) is 5.75 Å². The predicted molar refractivity (Wildman–Crippen MR) is 95.6 cm³/mol. The molecule has 2 aliphatic heterocycles. The van der Waals surface area contributed by atoms with Gasteiger partial charge in [0.15, 0.2) is 0 Å². The maximum Gasteiger partial charge on any atom is 0.317 e. The lowest BCUT2D eigenvalue weighted by Crippen LogP contribution is -2.52. The molecule has 1 N–H and O–H groups in total. The molecule has 1 amide bonds. The van der Waals surface area contributed by atoms with Gasteiger partial charge in [0.25, 0.3) is 0 Å². The third-order valence-electron chi connectivity index (χ3n) is 4.65. The standard InChI is InChI=1S/C18H23ClN2O5/c1-20(10-17(22)23)8-15-9-21(4-5-25-15)18(24)13-6-12-7-14(19)2-3-16(12)26-11-13/h2-3,7,13,15H,4-6,8-11H2,1H3,(H,22,23)/t13-,15-/m0/s1. The zero-order valence-corrected chi connectivity index (χ0v) is 15.4. The molecule has 0 aliphatic carbocycles. The van der Waals surface area contributed by atoms with Crippen LogP contribution in [0.5, 0.6) is 5.75 Å². The number of ether oxygens (including phenoxy) is 2. The highest BCUT2D eigenvalue weighted by Gasteiger charge is 2.33. The van der Waals surface area contributed by atoms with Crippen LogP contribution in [-0.4, -0.2) is 79.3 Å². The van der Waals surface area contributed by atoms with Crippen LogP contribution in [0.1, 0.15) is 5.56 Å². The Kier molecular flexibility index (Phi) is 6.01. The van der Waals surface area contributed by atoms with Crippen LogP contribution in [0.4, 0.5) is 0 Å². The fourth-order valence-electron chi connectivity index (χ4n) is 3.45. The van der Waals surface area contributed by atoms with Crippen LogP contribution in [0, 0.1) is 5.92 Å². The molecule has 1 aromatic carbocycles. The minimum atomic E-state index is -0.882. The van der Waals surface area contributed by atoms with Crippen LogP contribution in [-0.2, 0) is 20.7 Å². The minimum absolute atomic E-state index is 0.0461. The van der Waals surface area contributed by atoms with Crippen molar-refractivity contribution in [3.63, 3.8) is 0 Å². The van der Waals surface area contributed by atoms with Crippen molar-refractivity contribution in [2.45, 2.75) is 12.5 Å². The molecular weight excluding hydrogens is 360 g/mol. The number of carboxylic acid groups (broad SMARTS) is 1. The van der Waals surface area contributed by atoms with Crippen molar-refractivity contribution in [1.82, 2.24) is 9.80 Å². The van der Waals surface area contributed by atoms with Gasteiger partial charge in [-0.2, -0.15) is 0 Å². The first-order valence-electron chi connectivity index (χ1n) is 8.64. The number of carbonyl (C=O) groups is 2. The Morgan fingerprint density at radius 2 is 2.23 bits per heavy atom. The monoisotopic (exact) mass is 382 g/mol. The van der Waals surface area contributed by atoms with Crippen molar-refractivity contribution in [2.24, 2.45) is 5.92 Å². The average molecular weight is 383 g/mol. The highest BCUT2D eigenvalue weighted by molar-refractivity contribution is 6.30. The van der Waals surface area contributed by atoms with Gasteiger partial charge in [-0.1, -0.05) is 11.6 Å². The molecule has 2 aliphatic rings. The molecule has 8 heteroatoms. The van der Waals surface area contributed by atoms with Crippen LogP contribution in [0.2, 0.25) is 5.02 Å². The van der Waals surface area contributed by atoms with E-state index in [-0.39, 0.29) is 24.5 Å². The molecule has 0 radical (unpaired) electrons. The van der Waals surface area contributed by atoms with Crippen molar-refractivity contribution >= 4 is 23.5 Å². The lowest BCUT2D eigenvalue weighted by atomic mass is 9.95. The number of hydrogen-bond acceptors (Lipinski definition) is 5. The molecule has 0 saturated carbocycles. The number of hydrogen-bond donors (Lipinski definition) is 1. The summed E-state index contributed by atoms with van der Waals surface area (Å²) in [4.78, 5) is 27.2. The summed E-state index contributed by atoms with van der Waals surface area (Å²) in [5, 5.41) is 9.49. The summed E-state index contributed by atoms with van der Waals surface area (Å²) >= 11 is 6.04. The smallest absolute Gasteiger partial charge is 0.317 e. The number of rotatable bonds is 5. The van der Waals surface area contributed by atoms with E-state index in [1.54, 1.807) is 22.9 Å². The van der Waals surface area contributed by atoms with Crippen LogP contribution in [0.3, 0.4) is 0 Å². The van der Waals surface area contributed by atoms with Crippen molar-refractivity contribution in [1.29, 1.82) is 0 Å². The van der Waals surface area contributed by atoms with Crippen molar-refractivity contribution in [3.05, 3.63) is 28.8 Å². The molecule has 7 nitrogen and oxygen atoms in total. The van der Waals surface area contributed by atoms with Crippen LogP contribution < -0.4 is 4.74 Å². The summed E-state index contributed by atoms with van der Waals surface area (Å²) in [6, 6.07) is 5.46. The number of likely N-dealkylation sites (N-methyl/N-ethyl adjacent to an activating group) is 1. The van der Waals surface area contributed by atoms with E-state index in [0.29, 0.717) is 44.3 Å². The van der Waals surface area contributed by atoms with Crippen molar-refractivity contribution < 1.29 is 24.2 Å². The first-order chi connectivity index (χ1) is 12.4. The molecule has 3 rings (SSSR count). The van der Waals surface area contributed by atoms with Gasteiger partial charge in [0.05, 0.1) is 25.2 Å². The Balaban J connectivity index is 1.58. The highest BCUT2D eigenvalue weighted by Crippen LogP contribution is 2.30. The summed E-state index contributed by atoms with van der Waals surface area (Å²) < 4.78 is 11.4. The van der Waals surface area contributed by atoms with E-state index in [1.807, 2.05) is 12.1 Å². The number of carbonyl (C=O) groups excluding carboxylic acids is 1. The zero-order valence-electron chi connectivity index (χ0n) is 14.7. The van der Waals surface area contributed by atoms with Gasteiger partial charge in [-0.3, -0.25) is 14.5 Å². The fraction of sp³-hybridized carbons (Fsp3) is 0.556. The van der Waals surface area contributed by atoms with Gasteiger partial charge in [-0.25, -0.2) is 0 Å². The molecule has 2 heterocycles. The Morgan fingerprint density at radius 3 is 3.00 bits per heavy atom. The number of nitrogens with zero attached hydrogens (tertiary/aromatic N) is 2. The van der Waals surface area contributed by atoms with E-state index >= 15 is 0 Å². The van der Waals surface area contributed by atoms with Gasteiger partial charge in [0.1, 0.15) is 12.4 Å². The molecule has 0 bridgehead atoms. The molecule has 0 aromatic heterocycles. The van der Waals surface area contributed by atoms with Crippen LogP contribution in [0.25, 0.3) is 0 Å². The molecule has 1 aromatic rings. The summed E-state index contributed by atoms with van der Waals surface area (Å²) in [5.74, 6) is -0.289. The number of fused-ring (bicyclic) bond motifs is 1. The maximum absolute atomic E-state index is 12.9. The first-order valence-corrected chi connectivity index (χ1v) is 9.02. The second-order valence-corrected chi connectivity index (χ2v) is 7.27. The number of amides is 1. The molecule has 0 unspecified atom stereocenters. The SMILES string of the molecule is CN(CC(=O)O)C[C@H]1CN(C(=O)[C@@H]2COc3ccc(Cl)cc3C2)CCO1. The number of benzene rings is 1. The third kappa shape index (κ3) is 4.66. The predicted octanol–water partition coefficient (Wildman–Crippen LogP) is 1.13. The molecule has 2 atom stereocenters. The lowest BCUT2D eigenvalue weighted by molar-refractivity contribution is -0.146. The normalized spacial score (nSPS) is 22.7. The first kappa shape index (κ1) is 18.9. The third-order valence-corrected chi connectivity index (χ3v) is 4.88. The van der Waals surface area contributed by atoms with Crippen LogP contribution in [0.15, 0.2) is 18.2 Å². The van der Waals surface area contributed by atoms with Gasteiger partial charge in [0.2, 0.25) is 5.91 Å². The Bertz CT molecular complexity index is 684. The van der Waals surface area contributed by atoms with E-state index in [9.17, 15) is 9.59 Å². The number of morpholine rings is 1. The van der Waals surface area contributed by atoms with E-state index in [0.717, 1.165) is 11.3 Å². The number of carboxylic acids is 1. The topological polar surface area (TPSA) is 79.3 Å². The van der Waals surface area contributed by atoms with Gasteiger partial charge >= 0.3 is 5.97 Å². The Labute approximate surface area is 157 Å². The van der Waals surface area contributed by atoms with Gasteiger partial charge < -0.3 is 19.5 Å². The highest BCUT2D eigenvalue weighted by atomic mass is 35.5. The van der Waals surface area contributed by atoms with E-state index in [2.05, 4.69) is 0 Å².